The topological polar surface area (TPSA) is 47.0 Å². The highest BCUT2D eigenvalue weighted by Gasteiger charge is 2.28. The first-order valence-electron chi connectivity index (χ1n) is 7.27. The minimum atomic E-state index is -0.411. The number of nitrogens with one attached hydrogen (secondary N) is 1. The average Bonchev–Trinajstić information content (AvgIpc) is 2.35. The zero-order chi connectivity index (χ0) is 15.6. The number of methoxy groups -OCH3 is 1. The zero-order valence-electron chi connectivity index (χ0n) is 14.2. The molecular formula is C16H29N3O. The molecule has 1 heterocycles. The molecule has 4 nitrogen and oxygen atoms in total. The third-order valence-electron chi connectivity index (χ3n) is 3.81. The van der Waals surface area contributed by atoms with Crippen LogP contribution >= 0.6 is 0 Å². The molecule has 1 aromatic rings. The van der Waals surface area contributed by atoms with Crippen LogP contribution in [-0.2, 0) is 16.9 Å². The average molecular weight is 279 g/mol. The summed E-state index contributed by atoms with van der Waals surface area (Å²) in [6, 6.07) is 0. The summed E-state index contributed by atoms with van der Waals surface area (Å²) in [5.41, 5.74) is 2.91. The molecular weight excluding hydrogens is 250 g/mol. The molecule has 114 valence electrons. The van der Waals surface area contributed by atoms with E-state index in [9.17, 15) is 0 Å². The Bertz CT molecular complexity index is 436. The van der Waals surface area contributed by atoms with Gasteiger partial charge >= 0.3 is 0 Å². The molecule has 1 aromatic heterocycles. The third kappa shape index (κ3) is 4.00. The lowest BCUT2D eigenvalue weighted by Crippen LogP contribution is -2.36. The van der Waals surface area contributed by atoms with Crippen LogP contribution in [0.4, 0.5) is 0 Å². The third-order valence-corrected chi connectivity index (χ3v) is 3.81. The summed E-state index contributed by atoms with van der Waals surface area (Å²) in [7, 11) is 1.71. The standard InChI is InChI=1S/C16H29N3O/c1-9-16(7,20-8)14-18-11(2)13(12(3)19-14)10-17-15(4,5)6/h17H,9-10H2,1-8H3. The summed E-state index contributed by atoms with van der Waals surface area (Å²) in [6.45, 7) is 15.5. The molecule has 4 heteroatoms. The Kier molecular flexibility index (Phi) is 5.27. The maximum Gasteiger partial charge on any atom is 0.160 e. The maximum atomic E-state index is 5.60. The summed E-state index contributed by atoms with van der Waals surface area (Å²) in [6.07, 6.45) is 0.849. The number of nitrogens with zero attached hydrogens (tertiary/aromatic N) is 2. The fraction of sp³-hybridized carbons (Fsp3) is 0.750. The van der Waals surface area contributed by atoms with E-state index in [1.807, 2.05) is 20.8 Å². The molecule has 0 radical (unpaired) electrons. The van der Waals surface area contributed by atoms with E-state index in [1.165, 1.54) is 5.56 Å². The Hall–Kier alpha value is -1.00. The van der Waals surface area contributed by atoms with E-state index in [4.69, 9.17) is 4.74 Å². The quantitative estimate of drug-likeness (QED) is 0.898. The molecule has 0 aliphatic carbocycles. The monoisotopic (exact) mass is 279 g/mol. The number of hydrogen-bond acceptors (Lipinski definition) is 4. The van der Waals surface area contributed by atoms with Crippen molar-refractivity contribution in [1.29, 1.82) is 0 Å². The second kappa shape index (κ2) is 6.19. The molecule has 0 aliphatic rings. The fourth-order valence-electron chi connectivity index (χ4n) is 1.98. The lowest BCUT2D eigenvalue weighted by atomic mass is 10.0. The Balaban J connectivity index is 3.09. The summed E-state index contributed by atoms with van der Waals surface area (Å²) >= 11 is 0. The van der Waals surface area contributed by atoms with Gasteiger partial charge in [-0.25, -0.2) is 9.97 Å². The normalized spacial score (nSPS) is 15.2. The lowest BCUT2D eigenvalue weighted by molar-refractivity contribution is -0.00929. The van der Waals surface area contributed by atoms with Crippen LogP contribution in [0.25, 0.3) is 0 Å². The van der Waals surface area contributed by atoms with Crippen LogP contribution in [0.15, 0.2) is 0 Å². The molecule has 0 bridgehead atoms. The molecule has 0 fully saturated rings. The van der Waals surface area contributed by atoms with Crippen LogP contribution in [0.3, 0.4) is 0 Å². The van der Waals surface area contributed by atoms with Crippen molar-refractivity contribution in [3.8, 4) is 0 Å². The predicted octanol–water partition coefficient (Wildman–Crippen LogP) is 3.25. The highest BCUT2D eigenvalue weighted by atomic mass is 16.5. The highest BCUT2D eigenvalue weighted by Crippen LogP contribution is 2.26. The minimum absolute atomic E-state index is 0.0853. The van der Waals surface area contributed by atoms with E-state index in [0.29, 0.717) is 0 Å². The van der Waals surface area contributed by atoms with E-state index in [1.54, 1.807) is 7.11 Å². The molecule has 1 unspecified atom stereocenters. The van der Waals surface area contributed by atoms with E-state index >= 15 is 0 Å². The molecule has 0 aliphatic heterocycles. The Morgan fingerprint density at radius 2 is 1.55 bits per heavy atom. The van der Waals surface area contributed by atoms with Gasteiger partial charge in [-0.15, -0.1) is 0 Å². The molecule has 0 amide bonds. The van der Waals surface area contributed by atoms with Crippen molar-refractivity contribution in [3.63, 3.8) is 0 Å². The van der Waals surface area contributed by atoms with Crippen molar-refractivity contribution in [2.45, 2.75) is 72.6 Å². The van der Waals surface area contributed by atoms with E-state index in [0.717, 1.165) is 30.2 Å². The van der Waals surface area contributed by atoms with Crippen molar-refractivity contribution in [1.82, 2.24) is 15.3 Å². The Labute approximate surface area is 123 Å². The van der Waals surface area contributed by atoms with E-state index in [2.05, 4.69) is 43.0 Å². The molecule has 1 rings (SSSR count). The fourth-order valence-corrected chi connectivity index (χ4v) is 1.98. The number of ether oxygens (including phenoxy) is 1. The van der Waals surface area contributed by atoms with E-state index in [-0.39, 0.29) is 5.54 Å². The van der Waals surface area contributed by atoms with Crippen LogP contribution in [0, 0.1) is 13.8 Å². The SMILES string of the molecule is CCC(C)(OC)c1nc(C)c(CNC(C)(C)C)c(C)n1. The molecule has 0 saturated carbocycles. The first-order valence-corrected chi connectivity index (χ1v) is 7.27. The Morgan fingerprint density at radius 3 is 1.90 bits per heavy atom. The van der Waals surface area contributed by atoms with Crippen LogP contribution < -0.4 is 5.32 Å². The van der Waals surface area contributed by atoms with E-state index < -0.39 is 5.60 Å². The maximum absolute atomic E-state index is 5.60. The van der Waals surface area contributed by atoms with Crippen LogP contribution in [-0.4, -0.2) is 22.6 Å². The number of hydrogen-bond donors (Lipinski definition) is 1. The minimum Gasteiger partial charge on any atom is -0.371 e. The zero-order valence-corrected chi connectivity index (χ0v) is 14.2. The smallest absolute Gasteiger partial charge is 0.160 e. The van der Waals surface area contributed by atoms with Gasteiger partial charge in [-0.3, -0.25) is 0 Å². The van der Waals surface area contributed by atoms with Crippen molar-refractivity contribution < 1.29 is 4.74 Å². The lowest BCUT2D eigenvalue weighted by Gasteiger charge is -2.27. The van der Waals surface area contributed by atoms with Gasteiger partial charge in [0.1, 0.15) is 5.60 Å². The van der Waals surface area contributed by atoms with Gasteiger partial charge in [-0.1, -0.05) is 6.92 Å². The van der Waals surface area contributed by atoms with Gasteiger partial charge in [0.2, 0.25) is 0 Å². The second-order valence-electron chi connectivity index (χ2n) is 6.59. The van der Waals surface area contributed by atoms with Gasteiger partial charge in [0, 0.05) is 36.1 Å². The molecule has 1 atom stereocenters. The van der Waals surface area contributed by atoms with Crippen molar-refractivity contribution in [2.75, 3.05) is 7.11 Å². The van der Waals surface area contributed by atoms with Crippen LogP contribution in [0.1, 0.15) is 63.8 Å². The number of aromatic nitrogens is 2. The predicted molar refractivity (Wildman–Crippen MR) is 82.8 cm³/mol. The van der Waals surface area contributed by atoms with Crippen molar-refractivity contribution in [3.05, 3.63) is 22.8 Å². The van der Waals surface area contributed by atoms with Crippen LogP contribution in [0.2, 0.25) is 0 Å². The van der Waals surface area contributed by atoms with Crippen molar-refractivity contribution in [2.24, 2.45) is 0 Å². The molecule has 0 spiro atoms. The molecule has 20 heavy (non-hydrogen) atoms. The first-order chi connectivity index (χ1) is 9.13. The largest absolute Gasteiger partial charge is 0.371 e. The summed E-state index contributed by atoms with van der Waals surface area (Å²) in [5.74, 6) is 0.775. The molecule has 1 N–H and O–H groups in total. The van der Waals surface area contributed by atoms with Crippen molar-refractivity contribution >= 4 is 0 Å². The molecule has 0 aromatic carbocycles. The summed E-state index contributed by atoms with van der Waals surface area (Å²) in [5, 5.41) is 3.49. The van der Waals surface area contributed by atoms with Crippen LogP contribution in [0.5, 0.6) is 0 Å². The number of aryl methyl sites for hydroxylation is 2. The number of rotatable bonds is 5. The van der Waals surface area contributed by atoms with Gasteiger partial charge < -0.3 is 10.1 Å². The Morgan fingerprint density at radius 1 is 1.05 bits per heavy atom. The van der Waals surface area contributed by atoms with Gasteiger partial charge in [-0.05, 0) is 48.0 Å². The molecule has 0 saturated heterocycles. The first kappa shape index (κ1) is 17.1. The summed E-state index contributed by atoms with van der Waals surface area (Å²) < 4.78 is 5.60. The van der Waals surface area contributed by atoms with Gasteiger partial charge in [0.15, 0.2) is 5.82 Å². The second-order valence-corrected chi connectivity index (χ2v) is 6.59. The summed E-state index contributed by atoms with van der Waals surface area (Å²) in [4.78, 5) is 9.34. The highest BCUT2D eigenvalue weighted by molar-refractivity contribution is 5.25. The van der Waals surface area contributed by atoms with Gasteiger partial charge in [0.25, 0.3) is 0 Å². The van der Waals surface area contributed by atoms with Gasteiger partial charge in [-0.2, -0.15) is 0 Å². The van der Waals surface area contributed by atoms with Gasteiger partial charge in [0.05, 0.1) is 0 Å².